The average Bonchev–Trinajstić information content (AvgIpc) is 3.09. The fraction of sp³-hybridized carbons (Fsp3) is 0.167. The molecule has 1 aliphatic rings. The Kier molecular flexibility index (Phi) is 5.57. The van der Waals surface area contributed by atoms with E-state index in [4.69, 9.17) is 4.74 Å². The lowest BCUT2D eigenvalue weighted by atomic mass is 9.88. The summed E-state index contributed by atoms with van der Waals surface area (Å²) in [6, 6.07) is 18.1. The van der Waals surface area contributed by atoms with Gasteiger partial charge in [-0.15, -0.1) is 0 Å². The van der Waals surface area contributed by atoms with Gasteiger partial charge >= 0.3 is 18.2 Å². The van der Waals surface area contributed by atoms with Crippen LogP contribution < -0.4 is 5.32 Å². The molecule has 0 spiro atoms. The molecule has 3 aromatic carbocycles. The van der Waals surface area contributed by atoms with Crippen molar-refractivity contribution in [3.8, 4) is 11.1 Å². The topological polar surface area (TPSA) is 75.6 Å². The molecule has 0 heterocycles. The van der Waals surface area contributed by atoms with Gasteiger partial charge in [-0.2, -0.15) is 13.2 Å². The van der Waals surface area contributed by atoms with Crippen LogP contribution in [0, 0.1) is 5.82 Å². The minimum Gasteiger partial charge on any atom is -0.479 e. The van der Waals surface area contributed by atoms with Gasteiger partial charge in [0.1, 0.15) is 12.4 Å². The first-order valence-electron chi connectivity index (χ1n) is 9.85. The van der Waals surface area contributed by atoms with E-state index in [0.29, 0.717) is 12.1 Å². The van der Waals surface area contributed by atoms with Crippen molar-refractivity contribution in [1.82, 2.24) is 5.32 Å². The molecule has 33 heavy (non-hydrogen) atoms. The number of nitrogens with one attached hydrogen (secondary N) is 1. The zero-order valence-corrected chi connectivity index (χ0v) is 16.9. The van der Waals surface area contributed by atoms with Crippen molar-refractivity contribution in [2.75, 3.05) is 6.61 Å². The van der Waals surface area contributed by atoms with E-state index in [1.165, 1.54) is 5.32 Å². The minimum atomic E-state index is -5.56. The second kappa shape index (κ2) is 8.23. The quantitative estimate of drug-likeness (QED) is 0.514. The molecule has 0 aromatic heterocycles. The highest BCUT2D eigenvalue weighted by Gasteiger charge is 2.64. The molecule has 9 heteroatoms. The van der Waals surface area contributed by atoms with Crippen LogP contribution in [0.4, 0.5) is 22.4 Å². The number of ether oxygens (including phenoxy) is 1. The summed E-state index contributed by atoms with van der Waals surface area (Å²) >= 11 is 0. The van der Waals surface area contributed by atoms with Gasteiger partial charge in [-0.3, -0.25) is 5.32 Å². The fourth-order valence-corrected chi connectivity index (χ4v) is 4.13. The molecule has 1 aliphatic carbocycles. The van der Waals surface area contributed by atoms with Gasteiger partial charge in [0.05, 0.1) is 0 Å². The van der Waals surface area contributed by atoms with Crippen molar-refractivity contribution in [2.45, 2.75) is 17.6 Å². The lowest BCUT2D eigenvalue weighted by Crippen LogP contribution is -2.61. The maximum atomic E-state index is 14.2. The summed E-state index contributed by atoms with van der Waals surface area (Å²) in [6.07, 6.45) is -7.20. The number of fused-ring (bicyclic) bond motifs is 3. The number of amides is 1. The number of halogens is 4. The maximum Gasteiger partial charge on any atom is 0.427 e. The highest BCUT2D eigenvalue weighted by molar-refractivity contribution is 5.87. The largest absolute Gasteiger partial charge is 0.479 e. The fourth-order valence-electron chi connectivity index (χ4n) is 4.13. The molecule has 0 radical (unpaired) electrons. The molecular formula is C24H17F4NO4. The molecule has 2 N–H and O–H groups in total. The number of alkyl halides is 3. The van der Waals surface area contributed by atoms with Gasteiger partial charge in [0.2, 0.25) is 0 Å². The highest BCUT2D eigenvalue weighted by atomic mass is 19.4. The first-order chi connectivity index (χ1) is 15.7. The molecule has 0 saturated heterocycles. The van der Waals surface area contributed by atoms with Crippen LogP contribution in [0.25, 0.3) is 11.1 Å². The van der Waals surface area contributed by atoms with Crippen LogP contribution in [-0.4, -0.2) is 30.0 Å². The van der Waals surface area contributed by atoms with E-state index in [0.717, 1.165) is 34.4 Å². The van der Waals surface area contributed by atoms with Crippen molar-refractivity contribution in [2.24, 2.45) is 0 Å². The SMILES string of the molecule is O=C(NC(C(=O)O)(c1ccccc1F)C(F)(F)F)OCC1c2ccccc2-c2ccccc21. The number of hydrogen-bond acceptors (Lipinski definition) is 3. The Labute approximate surface area is 185 Å². The molecule has 0 bridgehead atoms. The lowest BCUT2D eigenvalue weighted by molar-refractivity contribution is -0.212. The van der Waals surface area contributed by atoms with Crippen molar-refractivity contribution in [3.05, 3.63) is 95.3 Å². The number of aliphatic carboxylic acids is 1. The molecule has 1 atom stereocenters. The second-order valence-corrected chi connectivity index (χ2v) is 7.48. The molecule has 1 amide bonds. The Hall–Kier alpha value is -3.88. The van der Waals surface area contributed by atoms with E-state index in [1.807, 2.05) is 36.4 Å². The third-order valence-corrected chi connectivity index (χ3v) is 5.66. The Balaban J connectivity index is 1.62. The van der Waals surface area contributed by atoms with Crippen LogP contribution in [0.3, 0.4) is 0 Å². The molecular weight excluding hydrogens is 442 g/mol. The first kappa shape index (κ1) is 22.3. The smallest absolute Gasteiger partial charge is 0.427 e. The maximum absolute atomic E-state index is 14.2. The molecule has 0 aliphatic heterocycles. The normalized spacial score (nSPS) is 14.7. The summed E-state index contributed by atoms with van der Waals surface area (Å²) in [6.45, 7) is -0.343. The minimum absolute atomic E-state index is 0.343. The van der Waals surface area contributed by atoms with Crippen LogP contribution in [0.2, 0.25) is 0 Å². The van der Waals surface area contributed by atoms with E-state index in [1.54, 1.807) is 12.1 Å². The summed E-state index contributed by atoms with van der Waals surface area (Å²) in [7, 11) is 0. The van der Waals surface area contributed by atoms with Gasteiger partial charge in [0.15, 0.2) is 0 Å². The number of carbonyl (C=O) groups excluding carboxylic acids is 1. The standard InChI is InChI=1S/C24H17F4NO4/c25-20-12-6-5-11-19(20)23(21(30)31,24(26,27)28)29-22(32)33-13-18-16-9-3-1-7-14(16)15-8-2-4-10-17(15)18/h1-12,18H,13H2,(H,29,32)(H,30,31). The Morgan fingerprint density at radius 1 is 0.879 bits per heavy atom. The van der Waals surface area contributed by atoms with Crippen LogP contribution in [0.5, 0.6) is 0 Å². The number of alkyl carbamates (subject to hydrolysis) is 1. The van der Waals surface area contributed by atoms with E-state index >= 15 is 0 Å². The van der Waals surface area contributed by atoms with Crippen LogP contribution >= 0.6 is 0 Å². The van der Waals surface area contributed by atoms with Gasteiger partial charge in [-0.1, -0.05) is 66.7 Å². The summed E-state index contributed by atoms with van der Waals surface area (Å²) in [4.78, 5) is 24.2. The van der Waals surface area contributed by atoms with E-state index in [9.17, 15) is 32.3 Å². The second-order valence-electron chi connectivity index (χ2n) is 7.48. The van der Waals surface area contributed by atoms with Gasteiger partial charge in [0, 0.05) is 11.5 Å². The zero-order valence-electron chi connectivity index (χ0n) is 16.9. The number of hydrogen-bond donors (Lipinski definition) is 2. The Bertz CT molecular complexity index is 1180. The van der Waals surface area contributed by atoms with Crippen molar-refractivity contribution in [1.29, 1.82) is 0 Å². The van der Waals surface area contributed by atoms with Crippen LogP contribution in [0.15, 0.2) is 72.8 Å². The summed E-state index contributed by atoms with van der Waals surface area (Å²) in [5.74, 6) is -4.38. The molecule has 170 valence electrons. The monoisotopic (exact) mass is 459 g/mol. The van der Waals surface area contributed by atoms with E-state index < -0.39 is 41.1 Å². The number of rotatable bonds is 5. The van der Waals surface area contributed by atoms with E-state index in [2.05, 4.69) is 0 Å². The number of carboxylic acid groups (broad SMARTS) is 1. The molecule has 0 fully saturated rings. The summed E-state index contributed by atoms with van der Waals surface area (Å²) in [5, 5.41) is 10.8. The highest BCUT2D eigenvalue weighted by Crippen LogP contribution is 2.45. The van der Waals surface area contributed by atoms with Gasteiger partial charge < -0.3 is 9.84 Å². The number of benzene rings is 3. The number of carboxylic acids is 1. The van der Waals surface area contributed by atoms with Gasteiger partial charge in [0.25, 0.3) is 5.54 Å². The summed E-state index contributed by atoms with van der Waals surface area (Å²) < 4.78 is 61.2. The van der Waals surface area contributed by atoms with Gasteiger partial charge in [-0.05, 0) is 28.3 Å². The van der Waals surface area contributed by atoms with Crippen LogP contribution in [-0.2, 0) is 15.1 Å². The Morgan fingerprint density at radius 3 is 1.91 bits per heavy atom. The molecule has 5 nitrogen and oxygen atoms in total. The predicted molar refractivity (Wildman–Crippen MR) is 110 cm³/mol. The van der Waals surface area contributed by atoms with Gasteiger partial charge in [-0.25, -0.2) is 14.0 Å². The third-order valence-electron chi connectivity index (χ3n) is 5.66. The Morgan fingerprint density at radius 2 is 1.39 bits per heavy atom. The number of carbonyl (C=O) groups is 2. The predicted octanol–water partition coefficient (Wildman–Crippen LogP) is 5.21. The average molecular weight is 459 g/mol. The van der Waals surface area contributed by atoms with Crippen molar-refractivity contribution >= 4 is 12.1 Å². The summed E-state index contributed by atoms with van der Waals surface area (Å²) in [5.41, 5.74) is -1.83. The molecule has 1 unspecified atom stereocenters. The lowest BCUT2D eigenvalue weighted by Gasteiger charge is -2.32. The zero-order chi connectivity index (χ0) is 23.8. The van der Waals surface area contributed by atoms with Crippen molar-refractivity contribution < 1.29 is 37.0 Å². The van der Waals surface area contributed by atoms with Crippen molar-refractivity contribution in [3.63, 3.8) is 0 Å². The third kappa shape index (κ3) is 3.69. The molecule has 0 saturated carbocycles. The first-order valence-corrected chi connectivity index (χ1v) is 9.85. The molecule has 4 rings (SSSR count). The van der Waals surface area contributed by atoms with E-state index in [-0.39, 0.29) is 6.61 Å². The van der Waals surface area contributed by atoms with Crippen LogP contribution in [0.1, 0.15) is 22.6 Å². The molecule has 3 aromatic rings.